The average Bonchev–Trinajstić information content (AvgIpc) is 2.49. The van der Waals surface area contributed by atoms with E-state index < -0.39 is 16.6 Å². The molecule has 0 aliphatic carbocycles. The SMILES string of the molecule is O=S(=O)(N/N=C/c1ccc(OC(F)F)cc1)c1ccc(Br)cc1. The van der Waals surface area contributed by atoms with Crippen LogP contribution in [0.4, 0.5) is 8.78 Å². The van der Waals surface area contributed by atoms with Crippen LogP contribution in [0.1, 0.15) is 5.56 Å². The van der Waals surface area contributed by atoms with Crippen LogP contribution >= 0.6 is 15.9 Å². The Bertz CT molecular complexity index is 779. The smallest absolute Gasteiger partial charge is 0.387 e. The molecule has 2 aromatic rings. The molecule has 0 unspecified atom stereocenters. The second kappa shape index (κ2) is 7.51. The summed E-state index contributed by atoms with van der Waals surface area (Å²) in [6.07, 6.45) is 1.25. The molecule has 1 N–H and O–H groups in total. The fraction of sp³-hybridized carbons (Fsp3) is 0.0714. The molecular formula is C14H11BrF2N2O3S. The minimum atomic E-state index is -3.76. The molecule has 0 amide bonds. The van der Waals surface area contributed by atoms with Crippen LogP contribution in [-0.2, 0) is 10.0 Å². The number of alkyl halides is 2. The van der Waals surface area contributed by atoms with Crippen molar-refractivity contribution in [3.05, 3.63) is 58.6 Å². The minimum absolute atomic E-state index is 0.00703. The molecule has 9 heteroatoms. The topological polar surface area (TPSA) is 67.8 Å². The third-order valence-corrected chi connectivity index (χ3v) is 4.38. The molecule has 0 bridgehead atoms. The number of nitrogens with one attached hydrogen (secondary N) is 1. The van der Waals surface area contributed by atoms with Crippen molar-refractivity contribution in [2.75, 3.05) is 0 Å². The summed E-state index contributed by atoms with van der Waals surface area (Å²) in [5.74, 6) is 0.00703. The zero-order valence-corrected chi connectivity index (χ0v) is 13.9. The van der Waals surface area contributed by atoms with Gasteiger partial charge in [-0.2, -0.15) is 22.3 Å². The molecule has 0 spiro atoms. The molecule has 0 atom stereocenters. The first-order valence-electron chi connectivity index (χ1n) is 6.22. The van der Waals surface area contributed by atoms with Gasteiger partial charge in [-0.3, -0.25) is 0 Å². The molecule has 2 rings (SSSR count). The number of sulfonamides is 1. The molecular weight excluding hydrogens is 394 g/mol. The Morgan fingerprint density at radius 2 is 1.70 bits per heavy atom. The summed E-state index contributed by atoms with van der Waals surface area (Å²) in [5.41, 5.74) is 0.519. The summed E-state index contributed by atoms with van der Waals surface area (Å²) in [7, 11) is -3.76. The van der Waals surface area contributed by atoms with Crippen molar-refractivity contribution < 1.29 is 21.9 Å². The molecule has 23 heavy (non-hydrogen) atoms. The number of hydrazone groups is 1. The third-order valence-electron chi connectivity index (χ3n) is 2.62. The van der Waals surface area contributed by atoms with Gasteiger partial charge >= 0.3 is 6.61 Å². The third kappa shape index (κ3) is 5.29. The van der Waals surface area contributed by atoms with Gasteiger partial charge in [0.15, 0.2) is 0 Å². The Balaban J connectivity index is 2.01. The van der Waals surface area contributed by atoms with Gasteiger partial charge < -0.3 is 4.74 Å². The second-order valence-electron chi connectivity index (χ2n) is 4.25. The minimum Gasteiger partial charge on any atom is -0.435 e. The lowest BCUT2D eigenvalue weighted by atomic mass is 10.2. The van der Waals surface area contributed by atoms with E-state index in [0.29, 0.717) is 5.56 Å². The van der Waals surface area contributed by atoms with Gasteiger partial charge in [-0.1, -0.05) is 15.9 Å². The lowest BCUT2D eigenvalue weighted by molar-refractivity contribution is -0.0498. The summed E-state index contributed by atoms with van der Waals surface area (Å²) in [6.45, 7) is -2.90. The lowest BCUT2D eigenvalue weighted by Crippen LogP contribution is -2.18. The van der Waals surface area contributed by atoms with E-state index in [2.05, 4.69) is 30.6 Å². The molecule has 122 valence electrons. The molecule has 5 nitrogen and oxygen atoms in total. The number of nitrogens with zero attached hydrogens (tertiary/aromatic N) is 1. The largest absolute Gasteiger partial charge is 0.435 e. The normalized spacial score (nSPS) is 11.8. The van der Waals surface area contributed by atoms with Crippen LogP contribution in [0, 0.1) is 0 Å². The highest BCUT2D eigenvalue weighted by Gasteiger charge is 2.11. The molecule has 2 aromatic carbocycles. The summed E-state index contributed by atoms with van der Waals surface area (Å²) in [5, 5.41) is 3.64. The number of hydrogen-bond donors (Lipinski definition) is 1. The van der Waals surface area contributed by atoms with E-state index in [9.17, 15) is 17.2 Å². The average molecular weight is 405 g/mol. The van der Waals surface area contributed by atoms with Crippen LogP contribution in [0.2, 0.25) is 0 Å². The molecule has 0 aliphatic heterocycles. The molecule has 0 fully saturated rings. The fourth-order valence-corrected chi connectivity index (χ4v) is 2.63. The van der Waals surface area contributed by atoms with E-state index in [4.69, 9.17) is 0 Å². The first kappa shape index (κ1) is 17.4. The van der Waals surface area contributed by atoms with Crippen molar-refractivity contribution in [1.82, 2.24) is 4.83 Å². The first-order valence-corrected chi connectivity index (χ1v) is 8.50. The Morgan fingerprint density at radius 1 is 1.09 bits per heavy atom. The Morgan fingerprint density at radius 3 is 2.26 bits per heavy atom. The van der Waals surface area contributed by atoms with E-state index >= 15 is 0 Å². The standard InChI is InChI=1S/C14H11BrF2N2O3S/c15-11-3-7-13(8-4-11)23(20,21)19-18-9-10-1-5-12(6-2-10)22-14(16)17/h1-9,14,19H/b18-9+. The summed E-state index contributed by atoms with van der Waals surface area (Å²) in [4.78, 5) is 2.13. The van der Waals surface area contributed by atoms with Crippen molar-refractivity contribution in [2.45, 2.75) is 11.5 Å². The Kier molecular flexibility index (Phi) is 5.67. The lowest BCUT2D eigenvalue weighted by Gasteiger charge is -2.04. The summed E-state index contributed by atoms with van der Waals surface area (Å²) in [6, 6.07) is 11.6. The molecule has 0 heterocycles. The van der Waals surface area contributed by atoms with Gasteiger partial charge in [-0.15, -0.1) is 0 Å². The highest BCUT2D eigenvalue weighted by atomic mass is 79.9. The fourth-order valence-electron chi connectivity index (χ4n) is 1.57. The molecule has 0 saturated heterocycles. The zero-order chi connectivity index (χ0) is 16.9. The van der Waals surface area contributed by atoms with Crippen LogP contribution in [0.25, 0.3) is 0 Å². The number of benzene rings is 2. The van der Waals surface area contributed by atoms with E-state index in [1.807, 2.05) is 0 Å². The summed E-state index contributed by atoms with van der Waals surface area (Å²) >= 11 is 3.21. The molecule has 0 aliphatic rings. The van der Waals surface area contributed by atoms with Crippen molar-refractivity contribution in [1.29, 1.82) is 0 Å². The Hall–Kier alpha value is -2.00. The van der Waals surface area contributed by atoms with E-state index in [-0.39, 0.29) is 10.6 Å². The number of halogens is 3. The van der Waals surface area contributed by atoms with Crippen LogP contribution < -0.4 is 9.57 Å². The maximum atomic E-state index is 12.0. The van der Waals surface area contributed by atoms with Gasteiger partial charge in [0.25, 0.3) is 10.0 Å². The van der Waals surface area contributed by atoms with Crippen molar-refractivity contribution in [3.8, 4) is 5.75 Å². The highest BCUT2D eigenvalue weighted by molar-refractivity contribution is 9.10. The van der Waals surface area contributed by atoms with Gasteiger partial charge in [0.1, 0.15) is 5.75 Å². The van der Waals surface area contributed by atoms with E-state index in [1.54, 1.807) is 12.1 Å². The number of rotatable bonds is 6. The zero-order valence-electron chi connectivity index (χ0n) is 11.5. The van der Waals surface area contributed by atoms with Crippen LogP contribution in [0.3, 0.4) is 0 Å². The van der Waals surface area contributed by atoms with Crippen molar-refractivity contribution in [3.63, 3.8) is 0 Å². The maximum absolute atomic E-state index is 12.0. The second-order valence-corrected chi connectivity index (χ2v) is 6.83. The quantitative estimate of drug-likeness (QED) is 0.592. The monoisotopic (exact) mass is 404 g/mol. The van der Waals surface area contributed by atoms with Gasteiger partial charge in [-0.05, 0) is 54.1 Å². The van der Waals surface area contributed by atoms with Crippen LogP contribution in [-0.4, -0.2) is 21.2 Å². The van der Waals surface area contributed by atoms with Crippen LogP contribution in [0.15, 0.2) is 63.0 Å². The molecule has 0 radical (unpaired) electrons. The summed E-state index contributed by atoms with van der Waals surface area (Å²) < 4.78 is 52.9. The number of ether oxygens (including phenoxy) is 1. The first-order chi connectivity index (χ1) is 10.9. The maximum Gasteiger partial charge on any atom is 0.387 e. The van der Waals surface area contributed by atoms with Gasteiger partial charge in [-0.25, -0.2) is 4.83 Å². The predicted molar refractivity (Wildman–Crippen MR) is 85.1 cm³/mol. The highest BCUT2D eigenvalue weighted by Crippen LogP contribution is 2.15. The van der Waals surface area contributed by atoms with E-state index in [1.165, 1.54) is 42.6 Å². The van der Waals surface area contributed by atoms with Crippen molar-refractivity contribution in [2.24, 2.45) is 5.10 Å². The van der Waals surface area contributed by atoms with Gasteiger partial charge in [0.2, 0.25) is 0 Å². The van der Waals surface area contributed by atoms with Crippen LogP contribution in [0.5, 0.6) is 5.75 Å². The van der Waals surface area contributed by atoms with Gasteiger partial charge in [0.05, 0.1) is 11.1 Å². The van der Waals surface area contributed by atoms with Gasteiger partial charge in [0, 0.05) is 4.47 Å². The predicted octanol–water partition coefficient (Wildman–Crippen LogP) is 3.36. The molecule has 0 saturated carbocycles. The number of hydrogen-bond acceptors (Lipinski definition) is 4. The Labute approximate surface area is 140 Å². The van der Waals surface area contributed by atoms with Crippen molar-refractivity contribution >= 4 is 32.2 Å². The molecule has 0 aromatic heterocycles. The van der Waals surface area contributed by atoms with E-state index in [0.717, 1.165) is 4.47 Å².